The van der Waals surface area contributed by atoms with Crippen molar-refractivity contribution >= 4 is 11.8 Å². The lowest BCUT2D eigenvalue weighted by molar-refractivity contribution is -0.139. The highest BCUT2D eigenvalue weighted by atomic mass is 19.4. The second-order valence-corrected chi connectivity index (χ2v) is 10.8. The average Bonchev–Trinajstić information content (AvgIpc) is 3.63. The monoisotopic (exact) mass is 542 g/mol. The second-order valence-electron chi connectivity index (χ2n) is 10.8. The number of hydrogen-bond donors (Lipinski definition) is 3. The predicted molar refractivity (Wildman–Crippen MR) is 143 cm³/mol. The Morgan fingerprint density at radius 1 is 1.10 bits per heavy atom. The zero-order chi connectivity index (χ0) is 28.5. The fourth-order valence-corrected chi connectivity index (χ4v) is 4.76. The zero-order valence-electron chi connectivity index (χ0n) is 22.4. The van der Waals surface area contributed by atoms with E-state index in [0.717, 1.165) is 11.6 Å². The number of rotatable bonds is 10. The topological polar surface area (TPSA) is 91.7 Å². The number of benzene rings is 2. The smallest absolute Gasteiger partial charge is 0.417 e. The lowest BCUT2D eigenvalue weighted by Crippen LogP contribution is -2.21. The molecule has 0 aliphatic heterocycles. The summed E-state index contributed by atoms with van der Waals surface area (Å²) in [6.07, 6.45) is -1.87. The number of aliphatic hydroxyl groups is 1. The molecule has 1 aliphatic rings. The van der Waals surface area contributed by atoms with Crippen molar-refractivity contribution in [3.05, 3.63) is 76.5 Å². The number of aromatic nitrogens is 1. The van der Waals surface area contributed by atoms with Gasteiger partial charge in [-0.1, -0.05) is 12.1 Å². The van der Waals surface area contributed by atoms with Crippen LogP contribution in [0.1, 0.15) is 60.4 Å². The zero-order valence-corrected chi connectivity index (χ0v) is 22.4. The Balaban J connectivity index is 1.54. The van der Waals surface area contributed by atoms with Crippen LogP contribution in [0.4, 0.5) is 19.0 Å². The number of hydrogen-bond acceptors (Lipinski definition) is 5. The molecular weight excluding hydrogens is 509 g/mol. The predicted octanol–water partition coefficient (Wildman–Crippen LogP) is 6.72. The molecule has 9 heteroatoms. The van der Waals surface area contributed by atoms with E-state index in [0.29, 0.717) is 46.7 Å². The van der Waals surface area contributed by atoms with Gasteiger partial charge in [0.25, 0.3) is 0 Å². The maximum atomic E-state index is 14.0. The molecule has 39 heavy (non-hydrogen) atoms. The molecule has 2 atom stereocenters. The van der Waals surface area contributed by atoms with Crippen molar-refractivity contribution in [1.82, 2.24) is 4.98 Å². The van der Waals surface area contributed by atoms with E-state index in [4.69, 9.17) is 9.84 Å². The summed E-state index contributed by atoms with van der Waals surface area (Å²) in [5.74, 6) is -0.103. The van der Waals surface area contributed by atoms with Gasteiger partial charge in [0.1, 0.15) is 11.6 Å². The highest BCUT2D eigenvalue weighted by Crippen LogP contribution is 2.47. The van der Waals surface area contributed by atoms with Crippen LogP contribution in [0.5, 0.6) is 5.75 Å². The van der Waals surface area contributed by atoms with Gasteiger partial charge in [0, 0.05) is 19.2 Å². The Morgan fingerprint density at radius 2 is 1.79 bits per heavy atom. The first-order valence-electron chi connectivity index (χ1n) is 12.8. The van der Waals surface area contributed by atoms with E-state index in [9.17, 15) is 23.1 Å². The van der Waals surface area contributed by atoms with Gasteiger partial charge >= 0.3 is 12.1 Å². The first kappa shape index (κ1) is 28.4. The molecule has 1 heterocycles. The van der Waals surface area contributed by atoms with Crippen molar-refractivity contribution in [1.29, 1.82) is 0 Å². The van der Waals surface area contributed by atoms with Crippen molar-refractivity contribution in [2.45, 2.75) is 64.8 Å². The number of aryl methyl sites for hydroxylation is 2. The van der Waals surface area contributed by atoms with E-state index in [-0.39, 0.29) is 30.6 Å². The normalized spacial score (nSPS) is 17.1. The Hall–Kier alpha value is -3.59. The quantitative estimate of drug-likeness (QED) is 0.263. The lowest BCUT2D eigenvalue weighted by atomic mass is 9.90. The minimum Gasteiger partial charge on any atom is -0.493 e. The van der Waals surface area contributed by atoms with Crippen molar-refractivity contribution < 1.29 is 32.9 Å². The van der Waals surface area contributed by atoms with Crippen LogP contribution in [0.3, 0.4) is 0 Å². The van der Waals surface area contributed by atoms with Gasteiger partial charge in [-0.15, -0.1) is 0 Å². The van der Waals surface area contributed by atoms with Crippen LogP contribution in [0.25, 0.3) is 11.1 Å². The van der Waals surface area contributed by atoms with Gasteiger partial charge in [-0.2, -0.15) is 13.2 Å². The number of pyridine rings is 1. The van der Waals surface area contributed by atoms with E-state index in [1.807, 2.05) is 6.07 Å². The molecule has 1 fully saturated rings. The van der Waals surface area contributed by atoms with Crippen LogP contribution in [0.15, 0.2) is 48.7 Å². The summed E-state index contributed by atoms with van der Waals surface area (Å²) in [5, 5.41) is 22.2. The van der Waals surface area contributed by atoms with Crippen LogP contribution in [0, 0.1) is 19.8 Å². The Bertz CT molecular complexity index is 1320. The molecule has 6 nitrogen and oxygen atoms in total. The summed E-state index contributed by atoms with van der Waals surface area (Å²) in [4.78, 5) is 15.5. The maximum Gasteiger partial charge on any atom is 0.417 e. The number of halogens is 3. The molecule has 3 aromatic rings. The molecule has 2 aromatic carbocycles. The standard InChI is InChI=1S/C30H33F3N2O4/c1-17-11-21(39-10-9-29(3,4)38)12-18(2)27(17)24-13-19(5-7-25(24)30(31,32)33)15-34-26-8-6-20(16-35-26)22-14-23(22)28(36)37/h5-8,11-13,16,22-23,38H,9-10,14-15H2,1-4H3,(H,34,35)(H,36,37)/t22-,23+/m1/s1. The van der Waals surface area contributed by atoms with E-state index in [1.165, 1.54) is 6.07 Å². The number of carboxylic acid groups (broad SMARTS) is 1. The summed E-state index contributed by atoms with van der Waals surface area (Å²) < 4.78 is 47.8. The number of nitrogens with one attached hydrogen (secondary N) is 1. The van der Waals surface area contributed by atoms with Gasteiger partial charge in [0.2, 0.25) is 0 Å². The molecule has 4 rings (SSSR count). The van der Waals surface area contributed by atoms with Gasteiger partial charge in [0.05, 0.1) is 23.7 Å². The lowest BCUT2D eigenvalue weighted by Gasteiger charge is -2.20. The van der Waals surface area contributed by atoms with Gasteiger partial charge in [-0.05, 0) is 104 Å². The molecule has 0 radical (unpaired) electrons. The van der Waals surface area contributed by atoms with Gasteiger partial charge in [0.15, 0.2) is 0 Å². The molecule has 0 saturated heterocycles. The third kappa shape index (κ3) is 7.09. The van der Waals surface area contributed by atoms with Crippen LogP contribution >= 0.6 is 0 Å². The number of nitrogens with zero attached hydrogens (tertiary/aromatic N) is 1. The number of alkyl halides is 3. The minimum atomic E-state index is -4.53. The molecular formula is C30H33F3N2O4. The molecule has 0 unspecified atom stereocenters. The number of anilines is 1. The maximum absolute atomic E-state index is 14.0. The van der Waals surface area contributed by atoms with Crippen LogP contribution < -0.4 is 10.1 Å². The summed E-state index contributed by atoms with van der Waals surface area (Å²) in [7, 11) is 0. The highest BCUT2D eigenvalue weighted by molar-refractivity contribution is 5.76. The largest absolute Gasteiger partial charge is 0.493 e. The van der Waals surface area contributed by atoms with E-state index in [2.05, 4.69) is 10.3 Å². The summed E-state index contributed by atoms with van der Waals surface area (Å²) in [6, 6.07) is 11.1. The van der Waals surface area contributed by atoms with Crippen molar-refractivity contribution in [3.63, 3.8) is 0 Å². The van der Waals surface area contributed by atoms with Gasteiger partial charge < -0.3 is 20.3 Å². The van der Waals surface area contributed by atoms with Crippen LogP contribution in [-0.4, -0.2) is 33.4 Å². The minimum absolute atomic E-state index is 0.0219. The first-order chi connectivity index (χ1) is 18.2. The van der Waals surface area contributed by atoms with Gasteiger partial charge in [-0.25, -0.2) is 4.98 Å². The third-order valence-electron chi connectivity index (χ3n) is 6.94. The van der Waals surface area contributed by atoms with E-state index >= 15 is 0 Å². The first-order valence-corrected chi connectivity index (χ1v) is 12.8. The van der Waals surface area contributed by atoms with E-state index < -0.39 is 23.3 Å². The fraction of sp³-hybridized carbons (Fsp3) is 0.400. The molecule has 1 aromatic heterocycles. The molecule has 0 spiro atoms. The molecule has 0 amide bonds. The SMILES string of the molecule is Cc1cc(OCCC(C)(C)O)cc(C)c1-c1cc(CNc2ccc([C@H]3C[C@@H]3C(=O)O)cn2)ccc1C(F)(F)F. The average molecular weight is 543 g/mol. The fourth-order valence-electron chi connectivity index (χ4n) is 4.76. The summed E-state index contributed by atoms with van der Waals surface area (Å²) >= 11 is 0. The van der Waals surface area contributed by atoms with Crippen LogP contribution in [0.2, 0.25) is 0 Å². The second kappa shape index (κ2) is 10.9. The van der Waals surface area contributed by atoms with Gasteiger partial charge in [-0.3, -0.25) is 4.79 Å². The van der Waals surface area contributed by atoms with Crippen molar-refractivity contribution in [2.75, 3.05) is 11.9 Å². The number of aliphatic carboxylic acids is 1. The highest BCUT2D eigenvalue weighted by Gasteiger charge is 2.44. The van der Waals surface area contributed by atoms with Crippen molar-refractivity contribution in [2.24, 2.45) is 5.92 Å². The molecule has 1 saturated carbocycles. The van der Waals surface area contributed by atoms with Crippen LogP contribution in [-0.2, 0) is 17.5 Å². The number of ether oxygens (including phenoxy) is 1. The third-order valence-corrected chi connectivity index (χ3v) is 6.94. The summed E-state index contributed by atoms with van der Waals surface area (Å²) in [6.45, 7) is 7.44. The number of carbonyl (C=O) groups is 1. The Labute approximate surface area is 225 Å². The number of carboxylic acids is 1. The molecule has 1 aliphatic carbocycles. The summed E-state index contributed by atoms with van der Waals surface area (Å²) in [5.41, 5.74) is 1.83. The Morgan fingerprint density at radius 3 is 2.33 bits per heavy atom. The van der Waals surface area contributed by atoms with Crippen molar-refractivity contribution in [3.8, 4) is 16.9 Å². The Kier molecular flexibility index (Phi) is 7.93. The molecule has 0 bridgehead atoms. The molecule has 208 valence electrons. The van der Waals surface area contributed by atoms with E-state index in [1.54, 1.807) is 58.2 Å². The molecule has 3 N–H and O–H groups in total.